The minimum Gasteiger partial charge on any atom is -0.399 e. The second-order valence-corrected chi connectivity index (χ2v) is 5.27. The summed E-state index contributed by atoms with van der Waals surface area (Å²) in [6.07, 6.45) is -4.53. The lowest BCUT2D eigenvalue weighted by molar-refractivity contribution is -0.137. The molecule has 0 fully saturated rings. The van der Waals surface area contributed by atoms with Gasteiger partial charge < -0.3 is 11.1 Å². The predicted octanol–water partition coefficient (Wildman–Crippen LogP) is 4.77. The van der Waals surface area contributed by atoms with Crippen molar-refractivity contribution in [2.24, 2.45) is 0 Å². The number of aromatic nitrogens is 2. The SMILES string of the molecule is Nc1ccc(F)c(Nc2nc(Cl)nc3ccc(C(F)(F)F)cc23)c1. The van der Waals surface area contributed by atoms with Gasteiger partial charge in [-0.05, 0) is 48.0 Å². The summed E-state index contributed by atoms with van der Waals surface area (Å²) in [7, 11) is 0. The van der Waals surface area contributed by atoms with Crippen LogP contribution in [0, 0.1) is 5.82 Å². The molecule has 24 heavy (non-hydrogen) atoms. The largest absolute Gasteiger partial charge is 0.416 e. The number of nitrogens with two attached hydrogens (primary N) is 1. The molecule has 3 aromatic rings. The number of hydrogen-bond acceptors (Lipinski definition) is 4. The van der Waals surface area contributed by atoms with Crippen molar-refractivity contribution in [2.45, 2.75) is 6.18 Å². The molecule has 9 heteroatoms. The maximum absolute atomic E-state index is 13.9. The van der Waals surface area contributed by atoms with Crippen LogP contribution in [0.1, 0.15) is 5.56 Å². The zero-order chi connectivity index (χ0) is 17.5. The van der Waals surface area contributed by atoms with Crippen molar-refractivity contribution in [1.29, 1.82) is 0 Å². The minimum absolute atomic E-state index is 0.0384. The zero-order valence-electron chi connectivity index (χ0n) is 11.8. The van der Waals surface area contributed by atoms with Crippen LogP contribution in [0.25, 0.3) is 10.9 Å². The van der Waals surface area contributed by atoms with Gasteiger partial charge in [-0.15, -0.1) is 0 Å². The van der Waals surface area contributed by atoms with Gasteiger partial charge in [-0.25, -0.2) is 9.37 Å². The molecule has 3 N–H and O–H groups in total. The van der Waals surface area contributed by atoms with Gasteiger partial charge in [0.15, 0.2) is 0 Å². The summed E-state index contributed by atoms with van der Waals surface area (Å²) in [5.41, 5.74) is 5.14. The number of hydrogen-bond donors (Lipinski definition) is 2. The molecule has 4 nitrogen and oxygen atoms in total. The number of nitrogen functional groups attached to an aromatic ring is 1. The highest BCUT2D eigenvalue weighted by Gasteiger charge is 2.31. The van der Waals surface area contributed by atoms with Crippen LogP contribution in [0.4, 0.5) is 34.8 Å². The lowest BCUT2D eigenvalue weighted by atomic mass is 10.1. The maximum atomic E-state index is 13.9. The van der Waals surface area contributed by atoms with Crippen molar-refractivity contribution >= 4 is 39.7 Å². The Morgan fingerprint density at radius 2 is 1.79 bits per heavy atom. The quantitative estimate of drug-likeness (QED) is 0.394. The molecular weight excluding hydrogens is 348 g/mol. The van der Waals surface area contributed by atoms with Crippen molar-refractivity contribution in [3.8, 4) is 0 Å². The summed E-state index contributed by atoms with van der Waals surface area (Å²) >= 11 is 5.79. The number of halogens is 5. The Balaban J connectivity index is 2.17. The van der Waals surface area contributed by atoms with Crippen LogP contribution in [0.2, 0.25) is 5.28 Å². The van der Waals surface area contributed by atoms with E-state index >= 15 is 0 Å². The fourth-order valence-electron chi connectivity index (χ4n) is 2.14. The Morgan fingerprint density at radius 3 is 2.50 bits per heavy atom. The van der Waals surface area contributed by atoms with Crippen LogP contribution in [-0.4, -0.2) is 9.97 Å². The van der Waals surface area contributed by atoms with Crippen LogP contribution in [-0.2, 0) is 6.18 Å². The molecule has 0 saturated carbocycles. The van der Waals surface area contributed by atoms with E-state index in [1.54, 1.807) is 0 Å². The smallest absolute Gasteiger partial charge is 0.399 e. The Kier molecular flexibility index (Phi) is 3.92. The van der Waals surface area contributed by atoms with Crippen molar-refractivity contribution < 1.29 is 17.6 Å². The minimum atomic E-state index is -4.53. The summed E-state index contributed by atoms with van der Waals surface area (Å²) in [6, 6.07) is 6.71. The van der Waals surface area contributed by atoms with Gasteiger partial charge in [0.25, 0.3) is 0 Å². The molecule has 1 heterocycles. The molecule has 2 aromatic carbocycles. The molecule has 0 radical (unpaired) electrons. The summed E-state index contributed by atoms with van der Waals surface area (Å²) in [5, 5.41) is 2.48. The van der Waals surface area contributed by atoms with Crippen LogP contribution in [0.3, 0.4) is 0 Å². The van der Waals surface area contributed by atoms with Gasteiger partial charge >= 0.3 is 6.18 Å². The first kappa shape index (κ1) is 16.3. The topological polar surface area (TPSA) is 63.8 Å². The Morgan fingerprint density at radius 1 is 1.04 bits per heavy atom. The molecular formula is C15H9ClF4N4. The normalized spacial score (nSPS) is 11.7. The van der Waals surface area contributed by atoms with E-state index in [-0.39, 0.29) is 33.4 Å². The third kappa shape index (κ3) is 3.18. The lowest BCUT2D eigenvalue weighted by Crippen LogP contribution is -2.06. The first-order chi connectivity index (χ1) is 11.2. The van der Waals surface area contributed by atoms with Crippen molar-refractivity contribution in [3.05, 3.63) is 53.1 Å². The number of nitrogens with zero attached hydrogens (tertiary/aromatic N) is 2. The molecule has 0 saturated heterocycles. The van der Waals surface area contributed by atoms with Crippen molar-refractivity contribution in [2.75, 3.05) is 11.1 Å². The van der Waals surface area contributed by atoms with Gasteiger partial charge in [0.05, 0.1) is 16.8 Å². The monoisotopic (exact) mass is 356 g/mol. The lowest BCUT2D eigenvalue weighted by Gasteiger charge is -2.12. The average Bonchev–Trinajstić information content (AvgIpc) is 2.49. The number of nitrogens with one attached hydrogen (secondary N) is 1. The standard InChI is InChI=1S/C15H9ClF4N4/c16-14-23-11-4-1-7(15(18,19)20)5-9(11)13(24-14)22-12-6-8(21)2-3-10(12)17/h1-6H,21H2,(H,22,23,24). The van der Waals surface area contributed by atoms with E-state index < -0.39 is 17.6 Å². The molecule has 124 valence electrons. The molecule has 0 aliphatic carbocycles. The van der Waals surface area contributed by atoms with E-state index in [0.717, 1.165) is 18.2 Å². The van der Waals surface area contributed by atoms with E-state index in [4.69, 9.17) is 17.3 Å². The van der Waals surface area contributed by atoms with Crippen molar-refractivity contribution in [3.63, 3.8) is 0 Å². The van der Waals surface area contributed by atoms with Crippen molar-refractivity contribution in [1.82, 2.24) is 9.97 Å². The zero-order valence-corrected chi connectivity index (χ0v) is 12.6. The maximum Gasteiger partial charge on any atom is 0.416 e. The highest BCUT2D eigenvalue weighted by atomic mass is 35.5. The summed E-state index contributed by atoms with van der Waals surface area (Å²) in [4.78, 5) is 7.73. The number of anilines is 3. The summed E-state index contributed by atoms with van der Waals surface area (Å²) in [5.74, 6) is -0.695. The first-order valence-corrected chi connectivity index (χ1v) is 6.98. The van der Waals surface area contributed by atoms with Gasteiger partial charge in [-0.3, -0.25) is 0 Å². The van der Waals surface area contributed by atoms with Gasteiger partial charge in [-0.2, -0.15) is 18.2 Å². The molecule has 0 spiro atoms. The van der Waals surface area contributed by atoms with Gasteiger partial charge in [0.1, 0.15) is 11.6 Å². The fourth-order valence-corrected chi connectivity index (χ4v) is 2.31. The molecule has 0 bridgehead atoms. The second kappa shape index (κ2) is 5.79. The molecule has 0 amide bonds. The van der Waals surface area contributed by atoms with Crippen LogP contribution < -0.4 is 11.1 Å². The molecule has 3 rings (SSSR count). The fraction of sp³-hybridized carbons (Fsp3) is 0.0667. The van der Waals surface area contributed by atoms with Crippen LogP contribution in [0.5, 0.6) is 0 Å². The number of alkyl halides is 3. The Hall–Kier alpha value is -2.61. The molecule has 0 aliphatic rings. The third-order valence-corrected chi connectivity index (χ3v) is 3.41. The number of benzene rings is 2. The molecule has 0 atom stereocenters. The van der Waals surface area contributed by atoms with Gasteiger partial charge in [0, 0.05) is 11.1 Å². The number of fused-ring (bicyclic) bond motifs is 1. The second-order valence-electron chi connectivity index (χ2n) is 4.94. The summed E-state index contributed by atoms with van der Waals surface area (Å²) in [6.45, 7) is 0. The first-order valence-electron chi connectivity index (χ1n) is 6.60. The number of rotatable bonds is 2. The van der Waals surface area contributed by atoms with E-state index in [1.807, 2.05) is 0 Å². The third-order valence-electron chi connectivity index (χ3n) is 3.24. The Bertz CT molecular complexity index is 927. The highest BCUT2D eigenvalue weighted by Crippen LogP contribution is 2.34. The van der Waals surface area contributed by atoms with Crippen LogP contribution >= 0.6 is 11.6 Å². The Labute approximate surface area is 138 Å². The van der Waals surface area contributed by atoms with E-state index in [9.17, 15) is 17.6 Å². The van der Waals surface area contributed by atoms with E-state index in [0.29, 0.717) is 0 Å². The summed E-state index contributed by atoms with van der Waals surface area (Å²) < 4.78 is 52.6. The van der Waals surface area contributed by atoms with Gasteiger partial charge in [-0.1, -0.05) is 0 Å². The van der Waals surface area contributed by atoms with E-state index in [1.165, 1.54) is 18.2 Å². The van der Waals surface area contributed by atoms with Crippen LogP contribution in [0.15, 0.2) is 36.4 Å². The molecule has 1 aromatic heterocycles. The molecule has 0 unspecified atom stereocenters. The highest BCUT2D eigenvalue weighted by molar-refractivity contribution is 6.28. The predicted molar refractivity (Wildman–Crippen MR) is 83.6 cm³/mol. The van der Waals surface area contributed by atoms with E-state index in [2.05, 4.69) is 15.3 Å². The average molecular weight is 357 g/mol. The molecule has 0 aliphatic heterocycles. The van der Waals surface area contributed by atoms with Gasteiger partial charge in [0.2, 0.25) is 5.28 Å².